The van der Waals surface area contributed by atoms with Gasteiger partial charge in [-0.1, -0.05) is 6.07 Å². The van der Waals surface area contributed by atoms with E-state index in [1.165, 1.54) is 62.6 Å². The number of pyridine rings is 1. The van der Waals surface area contributed by atoms with Gasteiger partial charge in [0, 0.05) is 30.5 Å². The van der Waals surface area contributed by atoms with Crippen LogP contribution < -0.4 is 5.32 Å². The fraction of sp³-hybridized carbons (Fsp3) is 0.722. The third kappa shape index (κ3) is 3.64. The van der Waals surface area contributed by atoms with Crippen molar-refractivity contribution in [2.45, 2.75) is 69.4 Å². The molecule has 116 valence electrons. The second-order valence-corrected chi connectivity index (χ2v) is 6.51. The third-order valence-electron chi connectivity index (χ3n) is 5.17. The molecule has 0 spiro atoms. The number of aromatic nitrogens is 1. The highest BCUT2D eigenvalue weighted by Crippen LogP contribution is 2.34. The Kier molecular flexibility index (Phi) is 5.26. The summed E-state index contributed by atoms with van der Waals surface area (Å²) in [5.74, 6) is 0.573. The van der Waals surface area contributed by atoms with E-state index in [0.717, 1.165) is 6.61 Å². The lowest BCUT2D eigenvalue weighted by Crippen LogP contribution is -2.36. The number of nitrogens with one attached hydrogen (secondary N) is 1. The SMILES string of the molecule is CNC(CCC1CCCCO1)C1CCCc2cccnc21. The highest BCUT2D eigenvalue weighted by atomic mass is 16.5. The van der Waals surface area contributed by atoms with Gasteiger partial charge in [-0.05, 0) is 70.0 Å². The lowest BCUT2D eigenvalue weighted by Gasteiger charge is -2.32. The Morgan fingerprint density at radius 2 is 2.29 bits per heavy atom. The zero-order chi connectivity index (χ0) is 14.5. The molecular formula is C18H28N2O. The van der Waals surface area contributed by atoms with Crippen LogP contribution in [0.4, 0.5) is 0 Å². The summed E-state index contributed by atoms with van der Waals surface area (Å²) in [6.07, 6.45) is 12.4. The van der Waals surface area contributed by atoms with Gasteiger partial charge in [-0.15, -0.1) is 0 Å². The molecule has 0 radical (unpaired) electrons. The largest absolute Gasteiger partial charge is 0.378 e. The van der Waals surface area contributed by atoms with E-state index in [9.17, 15) is 0 Å². The van der Waals surface area contributed by atoms with Crippen molar-refractivity contribution in [3.63, 3.8) is 0 Å². The third-order valence-corrected chi connectivity index (χ3v) is 5.17. The fourth-order valence-electron chi connectivity index (χ4n) is 3.98. The smallest absolute Gasteiger partial charge is 0.0575 e. The highest BCUT2D eigenvalue weighted by molar-refractivity contribution is 5.27. The van der Waals surface area contributed by atoms with Gasteiger partial charge in [-0.2, -0.15) is 0 Å². The first-order valence-corrected chi connectivity index (χ1v) is 8.61. The van der Waals surface area contributed by atoms with Gasteiger partial charge in [-0.3, -0.25) is 4.98 Å². The maximum atomic E-state index is 5.89. The Balaban J connectivity index is 1.63. The van der Waals surface area contributed by atoms with E-state index < -0.39 is 0 Å². The molecule has 2 heterocycles. The lowest BCUT2D eigenvalue weighted by atomic mass is 9.80. The first-order valence-electron chi connectivity index (χ1n) is 8.61. The van der Waals surface area contributed by atoms with Crippen molar-refractivity contribution in [3.05, 3.63) is 29.6 Å². The van der Waals surface area contributed by atoms with Crippen molar-refractivity contribution in [2.75, 3.05) is 13.7 Å². The Labute approximate surface area is 128 Å². The molecule has 1 aromatic heterocycles. The van der Waals surface area contributed by atoms with Gasteiger partial charge < -0.3 is 10.1 Å². The summed E-state index contributed by atoms with van der Waals surface area (Å²) in [6.45, 7) is 0.961. The topological polar surface area (TPSA) is 34.1 Å². The monoisotopic (exact) mass is 288 g/mol. The first-order chi connectivity index (χ1) is 10.4. The van der Waals surface area contributed by atoms with Gasteiger partial charge in [0.05, 0.1) is 6.10 Å². The lowest BCUT2D eigenvalue weighted by molar-refractivity contribution is 0.00811. The van der Waals surface area contributed by atoms with Gasteiger partial charge in [0.2, 0.25) is 0 Å². The van der Waals surface area contributed by atoms with Crippen molar-refractivity contribution < 1.29 is 4.74 Å². The Morgan fingerprint density at radius 1 is 1.33 bits per heavy atom. The molecule has 3 heteroatoms. The van der Waals surface area contributed by atoms with E-state index in [2.05, 4.69) is 24.5 Å². The van der Waals surface area contributed by atoms with Crippen LogP contribution in [0, 0.1) is 0 Å². The van der Waals surface area contributed by atoms with Crippen LogP contribution in [0.5, 0.6) is 0 Å². The number of nitrogens with zero attached hydrogens (tertiary/aromatic N) is 1. The molecule has 1 N–H and O–H groups in total. The van der Waals surface area contributed by atoms with E-state index >= 15 is 0 Å². The number of ether oxygens (including phenoxy) is 1. The minimum atomic E-state index is 0.487. The summed E-state index contributed by atoms with van der Waals surface area (Å²) < 4.78 is 5.89. The summed E-state index contributed by atoms with van der Waals surface area (Å²) >= 11 is 0. The van der Waals surface area contributed by atoms with E-state index in [-0.39, 0.29) is 0 Å². The molecule has 3 unspecified atom stereocenters. The van der Waals surface area contributed by atoms with E-state index in [4.69, 9.17) is 9.72 Å². The predicted octanol–water partition coefficient (Wildman–Crippen LogP) is 3.44. The zero-order valence-electron chi connectivity index (χ0n) is 13.2. The highest BCUT2D eigenvalue weighted by Gasteiger charge is 2.28. The number of hydrogen-bond acceptors (Lipinski definition) is 3. The van der Waals surface area contributed by atoms with Gasteiger partial charge >= 0.3 is 0 Å². The Hall–Kier alpha value is -0.930. The number of rotatable bonds is 5. The summed E-state index contributed by atoms with van der Waals surface area (Å²) in [4.78, 5) is 4.69. The molecule has 1 aromatic rings. The molecule has 1 saturated heterocycles. The summed E-state index contributed by atoms with van der Waals surface area (Å²) in [6, 6.07) is 4.86. The average Bonchev–Trinajstić information content (AvgIpc) is 2.56. The Morgan fingerprint density at radius 3 is 3.10 bits per heavy atom. The van der Waals surface area contributed by atoms with Crippen LogP contribution in [-0.2, 0) is 11.2 Å². The summed E-state index contributed by atoms with van der Waals surface area (Å²) in [5.41, 5.74) is 2.80. The molecule has 0 bridgehead atoms. The number of fused-ring (bicyclic) bond motifs is 1. The summed E-state index contributed by atoms with van der Waals surface area (Å²) in [7, 11) is 2.10. The zero-order valence-corrected chi connectivity index (χ0v) is 13.2. The van der Waals surface area contributed by atoms with Gasteiger partial charge in [0.25, 0.3) is 0 Å². The second-order valence-electron chi connectivity index (χ2n) is 6.51. The van der Waals surface area contributed by atoms with E-state index in [0.29, 0.717) is 18.1 Å². The van der Waals surface area contributed by atoms with Crippen molar-refractivity contribution in [3.8, 4) is 0 Å². The Bertz CT molecular complexity index is 443. The van der Waals surface area contributed by atoms with Crippen LogP contribution >= 0.6 is 0 Å². The molecule has 3 rings (SSSR count). The molecule has 21 heavy (non-hydrogen) atoms. The average molecular weight is 288 g/mol. The molecule has 0 saturated carbocycles. The fourth-order valence-corrected chi connectivity index (χ4v) is 3.98. The van der Waals surface area contributed by atoms with Crippen molar-refractivity contribution in [1.29, 1.82) is 0 Å². The molecule has 0 amide bonds. The van der Waals surface area contributed by atoms with Crippen molar-refractivity contribution in [2.24, 2.45) is 0 Å². The van der Waals surface area contributed by atoms with Crippen molar-refractivity contribution >= 4 is 0 Å². The molecule has 3 atom stereocenters. The maximum Gasteiger partial charge on any atom is 0.0575 e. The van der Waals surface area contributed by atoms with Crippen LogP contribution in [0.1, 0.15) is 62.1 Å². The standard InChI is InChI=1S/C18H28N2O/c1-19-17(11-10-15-8-2-3-13-21-15)16-9-4-6-14-7-5-12-20-18(14)16/h5,7,12,15-17,19H,2-4,6,8-11,13H2,1H3. The van der Waals surface area contributed by atoms with Crippen LogP contribution in [0.2, 0.25) is 0 Å². The summed E-state index contributed by atoms with van der Waals surface area (Å²) in [5, 5.41) is 3.56. The normalized spacial score (nSPS) is 27.1. The minimum absolute atomic E-state index is 0.487. The molecule has 2 aliphatic rings. The first kappa shape index (κ1) is 15.0. The molecule has 1 fully saturated rings. The quantitative estimate of drug-likeness (QED) is 0.901. The minimum Gasteiger partial charge on any atom is -0.378 e. The number of likely N-dealkylation sites (N-methyl/N-ethyl adjacent to an activating group) is 1. The second kappa shape index (κ2) is 7.37. The molecule has 3 nitrogen and oxygen atoms in total. The van der Waals surface area contributed by atoms with Crippen LogP contribution in [0.3, 0.4) is 0 Å². The maximum absolute atomic E-state index is 5.89. The van der Waals surface area contributed by atoms with Crippen molar-refractivity contribution in [1.82, 2.24) is 10.3 Å². The predicted molar refractivity (Wildman–Crippen MR) is 85.6 cm³/mol. The van der Waals surface area contributed by atoms with Gasteiger partial charge in [0.1, 0.15) is 0 Å². The molecule has 1 aliphatic carbocycles. The molecule has 1 aliphatic heterocycles. The van der Waals surface area contributed by atoms with Crippen LogP contribution in [0.25, 0.3) is 0 Å². The number of hydrogen-bond donors (Lipinski definition) is 1. The van der Waals surface area contributed by atoms with Crippen LogP contribution in [-0.4, -0.2) is 30.8 Å². The van der Waals surface area contributed by atoms with E-state index in [1.807, 2.05) is 6.20 Å². The van der Waals surface area contributed by atoms with E-state index in [1.54, 1.807) is 0 Å². The van der Waals surface area contributed by atoms with Gasteiger partial charge in [-0.25, -0.2) is 0 Å². The molecule has 0 aromatic carbocycles. The van der Waals surface area contributed by atoms with Crippen LogP contribution in [0.15, 0.2) is 18.3 Å². The molecular weight excluding hydrogens is 260 g/mol. The number of aryl methyl sites for hydroxylation is 1. The van der Waals surface area contributed by atoms with Gasteiger partial charge in [0.15, 0.2) is 0 Å².